The second-order valence-corrected chi connectivity index (χ2v) is 5.01. The zero-order valence-corrected chi connectivity index (χ0v) is 9.96. The summed E-state index contributed by atoms with van der Waals surface area (Å²) >= 11 is 0. The van der Waals surface area contributed by atoms with E-state index in [1.165, 1.54) is 0 Å². The number of rotatable bonds is 6. The first-order valence-corrected chi connectivity index (χ1v) is 6.66. The van der Waals surface area contributed by atoms with E-state index in [-0.39, 0.29) is 12.3 Å². The molecule has 5 nitrogen and oxygen atoms in total. The molecule has 0 amide bonds. The van der Waals surface area contributed by atoms with Gasteiger partial charge < -0.3 is 10.5 Å². The van der Waals surface area contributed by atoms with Crippen molar-refractivity contribution in [2.75, 3.05) is 23.6 Å². The lowest BCUT2D eigenvalue weighted by Gasteiger charge is -2.08. The topological polar surface area (TPSA) is 81.4 Å². The van der Waals surface area contributed by atoms with E-state index in [1.807, 2.05) is 6.92 Å². The summed E-state index contributed by atoms with van der Waals surface area (Å²) in [6.07, 6.45) is 0. The summed E-state index contributed by atoms with van der Waals surface area (Å²) < 4.78 is 30.4. The van der Waals surface area contributed by atoms with Crippen LogP contribution in [-0.4, -0.2) is 27.3 Å². The van der Waals surface area contributed by atoms with E-state index < -0.39 is 10.0 Å². The van der Waals surface area contributed by atoms with Crippen LogP contribution in [0.25, 0.3) is 0 Å². The molecule has 0 unspecified atom stereocenters. The van der Waals surface area contributed by atoms with E-state index in [4.69, 9.17) is 10.5 Å². The molecule has 0 atom stereocenters. The van der Waals surface area contributed by atoms with Gasteiger partial charge in [-0.25, -0.2) is 8.42 Å². The van der Waals surface area contributed by atoms with Crippen molar-refractivity contribution in [1.82, 2.24) is 0 Å². The largest absolute Gasteiger partial charge is 0.494 e. The molecule has 1 rings (SSSR count). The van der Waals surface area contributed by atoms with Crippen molar-refractivity contribution < 1.29 is 13.2 Å². The molecular formula is C10H16N2O3S. The van der Waals surface area contributed by atoms with Crippen LogP contribution in [0.5, 0.6) is 5.75 Å². The van der Waals surface area contributed by atoms with Crippen molar-refractivity contribution in [1.29, 1.82) is 0 Å². The molecule has 3 N–H and O–H groups in total. The normalized spacial score (nSPS) is 11.1. The minimum atomic E-state index is -3.33. The van der Waals surface area contributed by atoms with Gasteiger partial charge in [0.1, 0.15) is 5.75 Å². The predicted molar refractivity (Wildman–Crippen MR) is 64.1 cm³/mol. The molecule has 6 heteroatoms. The minimum Gasteiger partial charge on any atom is -0.494 e. The molecule has 0 fully saturated rings. The highest BCUT2D eigenvalue weighted by Crippen LogP contribution is 2.16. The van der Waals surface area contributed by atoms with E-state index in [0.29, 0.717) is 18.0 Å². The van der Waals surface area contributed by atoms with Gasteiger partial charge in [-0.15, -0.1) is 0 Å². The first kappa shape index (κ1) is 12.8. The van der Waals surface area contributed by atoms with Crippen LogP contribution >= 0.6 is 0 Å². The van der Waals surface area contributed by atoms with Crippen LogP contribution < -0.4 is 15.2 Å². The van der Waals surface area contributed by atoms with Gasteiger partial charge in [-0.1, -0.05) is 0 Å². The molecule has 16 heavy (non-hydrogen) atoms. The van der Waals surface area contributed by atoms with E-state index >= 15 is 0 Å². The molecule has 0 spiro atoms. The molecule has 0 aliphatic rings. The Balaban J connectivity index is 2.68. The maximum absolute atomic E-state index is 11.4. The fraction of sp³-hybridized carbons (Fsp3) is 0.400. The summed E-state index contributed by atoms with van der Waals surface area (Å²) in [7, 11) is -3.33. The number of ether oxygens (including phenoxy) is 1. The number of nitrogens with one attached hydrogen (secondary N) is 1. The van der Waals surface area contributed by atoms with Gasteiger partial charge in [0, 0.05) is 12.2 Å². The third-order valence-electron chi connectivity index (χ3n) is 1.83. The highest BCUT2D eigenvalue weighted by molar-refractivity contribution is 7.92. The van der Waals surface area contributed by atoms with Crippen molar-refractivity contribution in [3.63, 3.8) is 0 Å². The second-order valence-electron chi connectivity index (χ2n) is 3.17. The van der Waals surface area contributed by atoms with Crippen LogP contribution in [0.2, 0.25) is 0 Å². The van der Waals surface area contributed by atoms with Crippen LogP contribution in [0.1, 0.15) is 6.92 Å². The summed E-state index contributed by atoms with van der Waals surface area (Å²) in [5.74, 6) is 0.629. The van der Waals surface area contributed by atoms with Crippen molar-refractivity contribution in [3.05, 3.63) is 24.3 Å². The third-order valence-corrected chi connectivity index (χ3v) is 3.15. The van der Waals surface area contributed by atoms with Crippen LogP contribution in [-0.2, 0) is 10.0 Å². The van der Waals surface area contributed by atoms with Gasteiger partial charge in [-0.05, 0) is 31.2 Å². The van der Waals surface area contributed by atoms with Gasteiger partial charge in [0.2, 0.25) is 10.0 Å². The fourth-order valence-corrected chi connectivity index (χ4v) is 2.08. The van der Waals surface area contributed by atoms with Gasteiger partial charge in [-0.2, -0.15) is 0 Å². The van der Waals surface area contributed by atoms with Gasteiger partial charge in [-0.3, -0.25) is 4.72 Å². The lowest BCUT2D eigenvalue weighted by Crippen LogP contribution is -2.22. The Hall–Kier alpha value is -1.27. The molecule has 0 aliphatic carbocycles. The van der Waals surface area contributed by atoms with Crippen molar-refractivity contribution >= 4 is 15.7 Å². The lowest BCUT2D eigenvalue weighted by molar-refractivity contribution is 0.340. The molecule has 0 bridgehead atoms. The summed E-state index contributed by atoms with van der Waals surface area (Å²) in [6, 6.07) is 6.73. The zero-order chi connectivity index (χ0) is 12.0. The number of anilines is 1. The standard InChI is InChI=1S/C10H16N2O3S/c1-2-15-10-5-3-9(4-6-10)12-16(13,14)8-7-11/h3-6,12H,2,7-8,11H2,1H3. The molecule has 0 saturated heterocycles. The highest BCUT2D eigenvalue weighted by atomic mass is 32.2. The molecule has 0 saturated carbocycles. The monoisotopic (exact) mass is 244 g/mol. The summed E-state index contributed by atoms with van der Waals surface area (Å²) in [5, 5.41) is 0. The molecular weight excluding hydrogens is 228 g/mol. The van der Waals surface area contributed by atoms with Crippen LogP contribution in [0.3, 0.4) is 0 Å². The van der Waals surface area contributed by atoms with E-state index in [0.717, 1.165) is 0 Å². The van der Waals surface area contributed by atoms with Crippen LogP contribution in [0.4, 0.5) is 5.69 Å². The van der Waals surface area contributed by atoms with Gasteiger partial charge >= 0.3 is 0 Å². The Morgan fingerprint density at radius 3 is 2.44 bits per heavy atom. The molecule has 0 radical (unpaired) electrons. The zero-order valence-electron chi connectivity index (χ0n) is 9.14. The predicted octanol–water partition coefficient (Wildman–Crippen LogP) is 0.786. The Kier molecular flexibility index (Phi) is 4.57. The van der Waals surface area contributed by atoms with Gasteiger partial charge in [0.25, 0.3) is 0 Å². The first-order chi connectivity index (χ1) is 7.57. The molecule has 1 aromatic rings. The Labute approximate surface area is 95.7 Å². The second kappa shape index (κ2) is 5.72. The number of nitrogens with two attached hydrogens (primary N) is 1. The average molecular weight is 244 g/mol. The van der Waals surface area contributed by atoms with E-state index in [1.54, 1.807) is 24.3 Å². The van der Waals surface area contributed by atoms with Crippen molar-refractivity contribution in [3.8, 4) is 5.75 Å². The van der Waals surface area contributed by atoms with Crippen LogP contribution in [0, 0.1) is 0 Å². The van der Waals surface area contributed by atoms with Gasteiger partial charge in [0.05, 0.1) is 12.4 Å². The molecule has 0 heterocycles. The number of hydrogen-bond acceptors (Lipinski definition) is 4. The Morgan fingerprint density at radius 2 is 1.94 bits per heavy atom. The SMILES string of the molecule is CCOc1ccc(NS(=O)(=O)CCN)cc1. The molecule has 0 aliphatic heterocycles. The average Bonchev–Trinajstić information content (AvgIpc) is 2.21. The van der Waals surface area contributed by atoms with Crippen LogP contribution in [0.15, 0.2) is 24.3 Å². The van der Waals surface area contributed by atoms with Crippen molar-refractivity contribution in [2.45, 2.75) is 6.92 Å². The number of benzene rings is 1. The number of sulfonamides is 1. The Bertz CT molecular complexity index is 414. The van der Waals surface area contributed by atoms with E-state index in [9.17, 15) is 8.42 Å². The molecule has 90 valence electrons. The molecule has 0 aromatic heterocycles. The smallest absolute Gasteiger partial charge is 0.233 e. The van der Waals surface area contributed by atoms with E-state index in [2.05, 4.69) is 4.72 Å². The maximum Gasteiger partial charge on any atom is 0.233 e. The first-order valence-electron chi connectivity index (χ1n) is 5.01. The minimum absolute atomic E-state index is 0.0831. The number of hydrogen-bond donors (Lipinski definition) is 2. The quantitative estimate of drug-likeness (QED) is 0.775. The summed E-state index contributed by atoms with van der Waals surface area (Å²) in [5.41, 5.74) is 5.70. The fourth-order valence-electron chi connectivity index (χ4n) is 1.17. The Morgan fingerprint density at radius 1 is 1.31 bits per heavy atom. The summed E-state index contributed by atoms with van der Waals surface area (Å²) in [4.78, 5) is 0. The summed E-state index contributed by atoms with van der Waals surface area (Å²) in [6.45, 7) is 2.57. The molecule has 1 aromatic carbocycles. The lowest BCUT2D eigenvalue weighted by atomic mass is 10.3. The maximum atomic E-state index is 11.4. The third kappa shape index (κ3) is 4.08. The van der Waals surface area contributed by atoms with Gasteiger partial charge in [0.15, 0.2) is 0 Å². The highest BCUT2D eigenvalue weighted by Gasteiger charge is 2.08. The van der Waals surface area contributed by atoms with Crippen molar-refractivity contribution in [2.24, 2.45) is 5.73 Å².